The summed E-state index contributed by atoms with van der Waals surface area (Å²) in [5.74, 6) is -1.18. The van der Waals surface area contributed by atoms with E-state index in [1.165, 1.54) is 12.1 Å². The van der Waals surface area contributed by atoms with E-state index < -0.39 is 28.3 Å². The highest BCUT2D eigenvalue weighted by Crippen LogP contribution is 2.25. The number of carbonyl (C=O) groups is 1. The Morgan fingerprint density at radius 3 is 2.39 bits per heavy atom. The van der Waals surface area contributed by atoms with E-state index in [1.807, 2.05) is 0 Å². The van der Waals surface area contributed by atoms with Gasteiger partial charge in [-0.15, -0.1) is 0 Å². The molecule has 0 aliphatic rings. The average molecular weight is 377 g/mol. The second kappa shape index (κ2) is 7.27. The molecule has 122 valence electrons. The predicted molar refractivity (Wildman–Crippen MR) is 86.7 cm³/mol. The molecule has 0 heterocycles. The fourth-order valence-corrected chi connectivity index (χ4v) is 2.96. The maximum atomic E-state index is 12.8. The van der Waals surface area contributed by atoms with E-state index in [4.69, 9.17) is 23.2 Å². The lowest BCUT2D eigenvalue weighted by atomic mass is 10.3. The number of hydrogen-bond donors (Lipinski definition) is 2. The first-order valence-electron chi connectivity index (χ1n) is 6.28. The maximum absolute atomic E-state index is 12.8. The van der Waals surface area contributed by atoms with Gasteiger partial charge in [0, 0.05) is 5.02 Å². The minimum Gasteiger partial charge on any atom is -0.324 e. The summed E-state index contributed by atoms with van der Waals surface area (Å²) in [5, 5.41) is 3.08. The summed E-state index contributed by atoms with van der Waals surface area (Å²) in [5.41, 5.74) is 0.269. The van der Waals surface area contributed by atoms with Gasteiger partial charge in [-0.2, -0.15) is 0 Å². The van der Waals surface area contributed by atoms with Crippen molar-refractivity contribution in [2.24, 2.45) is 0 Å². The summed E-state index contributed by atoms with van der Waals surface area (Å²) in [7, 11) is -3.92. The van der Waals surface area contributed by atoms with Crippen LogP contribution in [0.1, 0.15) is 0 Å². The summed E-state index contributed by atoms with van der Waals surface area (Å²) in [6.45, 7) is -0.511. The minimum atomic E-state index is -3.92. The molecule has 2 rings (SSSR count). The zero-order valence-corrected chi connectivity index (χ0v) is 13.8. The van der Waals surface area contributed by atoms with Gasteiger partial charge in [0.2, 0.25) is 15.9 Å². The summed E-state index contributed by atoms with van der Waals surface area (Å²) >= 11 is 11.7. The number of amides is 1. The number of sulfonamides is 1. The first-order valence-corrected chi connectivity index (χ1v) is 8.52. The van der Waals surface area contributed by atoms with Crippen LogP contribution in [0.2, 0.25) is 10.0 Å². The molecule has 0 saturated carbocycles. The number of halogens is 3. The highest BCUT2D eigenvalue weighted by atomic mass is 35.5. The van der Waals surface area contributed by atoms with E-state index in [2.05, 4.69) is 10.0 Å². The average Bonchev–Trinajstić information content (AvgIpc) is 2.49. The second-order valence-corrected chi connectivity index (χ2v) is 7.06. The summed E-state index contributed by atoms with van der Waals surface area (Å²) in [4.78, 5) is 11.7. The van der Waals surface area contributed by atoms with Gasteiger partial charge < -0.3 is 5.32 Å². The number of anilines is 1. The summed E-state index contributed by atoms with van der Waals surface area (Å²) in [6, 6.07) is 8.73. The third kappa shape index (κ3) is 4.90. The molecule has 0 saturated heterocycles. The quantitative estimate of drug-likeness (QED) is 0.841. The van der Waals surface area contributed by atoms with E-state index in [0.29, 0.717) is 5.02 Å². The SMILES string of the molecule is O=C(CNS(=O)(=O)c1ccc(F)cc1)Nc1cc(Cl)ccc1Cl. The van der Waals surface area contributed by atoms with Crippen LogP contribution in [0, 0.1) is 5.82 Å². The van der Waals surface area contributed by atoms with Crippen LogP contribution in [0.4, 0.5) is 10.1 Å². The van der Waals surface area contributed by atoms with Crippen LogP contribution in [0.3, 0.4) is 0 Å². The van der Waals surface area contributed by atoms with E-state index in [-0.39, 0.29) is 15.6 Å². The van der Waals surface area contributed by atoms with Gasteiger partial charge in [-0.3, -0.25) is 4.79 Å². The standard InChI is InChI=1S/C14H11Cl2FN2O3S/c15-9-1-6-12(16)13(7-9)19-14(20)8-18-23(21,22)11-4-2-10(17)3-5-11/h1-7,18H,8H2,(H,19,20). The van der Waals surface area contributed by atoms with Gasteiger partial charge in [0.05, 0.1) is 22.2 Å². The Kier molecular flexibility index (Phi) is 5.59. The highest BCUT2D eigenvalue weighted by molar-refractivity contribution is 7.89. The van der Waals surface area contributed by atoms with Gasteiger partial charge in [-0.05, 0) is 42.5 Å². The molecule has 5 nitrogen and oxygen atoms in total. The Labute approximate surface area is 142 Å². The summed E-state index contributed by atoms with van der Waals surface area (Å²) in [6.07, 6.45) is 0. The third-order valence-electron chi connectivity index (χ3n) is 2.75. The van der Waals surface area contributed by atoms with Gasteiger partial charge in [0.25, 0.3) is 0 Å². The van der Waals surface area contributed by atoms with Gasteiger partial charge in [0.1, 0.15) is 5.82 Å². The van der Waals surface area contributed by atoms with Crippen LogP contribution >= 0.6 is 23.2 Å². The highest BCUT2D eigenvalue weighted by Gasteiger charge is 2.16. The summed E-state index contributed by atoms with van der Waals surface area (Å²) < 4.78 is 38.8. The van der Waals surface area contributed by atoms with Gasteiger partial charge in [-0.1, -0.05) is 23.2 Å². The van der Waals surface area contributed by atoms with E-state index in [1.54, 1.807) is 6.07 Å². The molecule has 2 N–H and O–H groups in total. The Balaban J connectivity index is 2.01. The van der Waals surface area contributed by atoms with Crippen LogP contribution in [0.25, 0.3) is 0 Å². The van der Waals surface area contributed by atoms with Crippen molar-refractivity contribution < 1.29 is 17.6 Å². The van der Waals surface area contributed by atoms with Gasteiger partial charge >= 0.3 is 0 Å². The molecule has 0 atom stereocenters. The third-order valence-corrected chi connectivity index (χ3v) is 4.73. The lowest BCUT2D eigenvalue weighted by Crippen LogP contribution is -2.33. The number of rotatable bonds is 5. The first kappa shape index (κ1) is 17.7. The lowest BCUT2D eigenvalue weighted by Gasteiger charge is -2.09. The molecule has 0 spiro atoms. The van der Waals surface area contributed by atoms with Crippen molar-refractivity contribution in [2.75, 3.05) is 11.9 Å². The van der Waals surface area contributed by atoms with Crippen molar-refractivity contribution in [3.8, 4) is 0 Å². The molecule has 1 amide bonds. The van der Waals surface area contributed by atoms with Crippen molar-refractivity contribution >= 4 is 44.8 Å². The maximum Gasteiger partial charge on any atom is 0.241 e. The van der Waals surface area contributed by atoms with Crippen LogP contribution in [0.15, 0.2) is 47.4 Å². The van der Waals surface area contributed by atoms with Crippen molar-refractivity contribution in [3.63, 3.8) is 0 Å². The molecule has 0 radical (unpaired) electrons. The number of benzene rings is 2. The molecule has 2 aromatic rings. The molecule has 0 aliphatic carbocycles. The van der Waals surface area contributed by atoms with Crippen molar-refractivity contribution in [3.05, 3.63) is 58.3 Å². The normalized spacial score (nSPS) is 11.3. The van der Waals surface area contributed by atoms with Crippen LogP contribution in [0.5, 0.6) is 0 Å². The molecule has 0 unspecified atom stereocenters. The number of carbonyl (C=O) groups excluding carboxylic acids is 1. The molecule has 0 fully saturated rings. The number of nitrogens with one attached hydrogen (secondary N) is 2. The first-order chi connectivity index (χ1) is 10.8. The van der Waals surface area contributed by atoms with Crippen molar-refractivity contribution in [1.29, 1.82) is 0 Å². The van der Waals surface area contributed by atoms with Crippen molar-refractivity contribution in [1.82, 2.24) is 4.72 Å². The van der Waals surface area contributed by atoms with Crippen LogP contribution in [-0.4, -0.2) is 20.9 Å². The zero-order valence-electron chi connectivity index (χ0n) is 11.5. The minimum absolute atomic E-state index is 0.146. The Morgan fingerprint density at radius 1 is 1.09 bits per heavy atom. The van der Waals surface area contributed by atoms with Gasteiger partial charge in [0.15, 0.2) is 0 Å². The second-order valence-electron chi connectivity index (χ2n) is 4.45. The molecule has 0 aliphatic heterocycles. The Bertz CT molecular complexity index is 826. The monoisotopic (exact) mass is 376 g/mol. The molecule has 0 aromatic heterocycles. The molecule has 2 aromatic carbocycles. The molecular formula is C14H11Cl2FN2O3S. The van der Waals surface area contributed by atoms with E-state index >= 15 is 0 Å². The topological polar surface area (TPSA) is 75.3 Å². The largest absolute Gasteiger partial charge is 0.324 e. The molecular weight excluding hydrogens is 366 g/mol. The fraction of sp³-hybridized carbons (Fsp3) is 0.0714. The molecule has 23 heavy (non-hydrogen) atoms. The lowest BCUT2D eigenvalue weighted by molar-refractivity contribution is -0.115. The predicted octanol–water partition coefficient (Wildman–Crippen LogP) is 3.05. The van der Waals surface area contributed by atoms with Crippen LogP contribution in [-0.2, 0) is 14.8 Å². The zero-order chi connectivity index (χ0) is 17.0. The van der Waals surface area contributed by atoms with E-state index in [0.717, 1.165) is 24.3 Å². The Morgan fingerprint density at radius 2 is 1.74 bits per heavy atom. The van der Waals surface area contributed by atoms with Crippen LogP contribution < -0.4 is 10.0 Å². The molecule has 0 bridgehead atoms. The fourth-order valence-electron chi connectivity index (χ4n) is 1.65. The smallest absolute Gasteiger partial charge is 0.241 e. The molecule has 9 heteroatoms. The number of hydrogen-bond acceptors (Lipinski definition) is 3. The van der Waals surface area contributed by atoms with E-state index in [9.17, 15) is 17.6 Å². The Hall–Kier alpha value is -1.67. The van der Waals surface area contributed by atoms with Crippen molar-refractivity contribution in [2.45, 2.75) is 4.90 Å². The van der Waals surface area contributed by atoms with Gasteiger partial charge in [-0.25, -0.2) is 17.5 Å².